The molecule has 3 unspecified atom stereocenters. The standard InChI is InChI=1S/C15H25NO/c1-10-6-12-7-16-8-13(15(3,4)5)14(11(12)2)17-9-10/h8,10-12H,6-7,9H2,1-5H3. The van der Waals surface area contributed by atoms with E-state index in [-0.39, 0.29) is 5.41 Å². The van der Waals surface area contributed by atoms with Gasteiger partial charge >= 0.3 is 0 Å². The Hall–Kier alpha value is -0.790. The lowest BCUT2D eigenvalue weighted by Gasteiger charge is -2.26. The fraction of sp³-hybridized carbons (Fsp3) is 0.800. The van der Waals surface area contributed by atoms with Gasteiger partial charge in [-0.05, 0) is 23.7 Å². The Balaban J connectivity index is 2.44. The maximum absolute atomic E-state index is 6.11. The average Bonchev–Trinajstić information content (AvgIpc) is 2.45. The fourth-order valence-electron chi connectivity index (χ4n) is 2.83. The van der Waals surface area contributed by atoms with Crippen LogP contribution in [0, 0.1) is 23.2 Å². The first-order valence-corrected chi connectivity index (χ1v) is 6.77. The number of allylic oxidation sites excluding steroid dienone is 2. The van der Waals surface area contributed by atoms with Crippen LogP contribution in [-0.2, 0) is 4.74 Å². The largest absolute Gasteiger partial charge is 0.497 e. The van der Waals surface area contributed by atoms with Crippen LogP contribution in [0.3, 0.4) is 0 Å². The van der Waals surface area contributed by atoms with E-state index < -0.39 is 0 Å². The summed E-state index contributed by atoms with van der Waals surface area (Å²) < 4.78 is 6.11. The molecule has 2 nitrogen and oxygen atoms in total. The first-order valence-electron chi connectivity index (χ1n) is 6.77. The molecular weight excluding hydrogens is 210 g/mol. The Morgan fingerprint density at radius 3 is 2.65 bits per heavy atom. The molecule has 0 radical (unpaired) electrons. The van der Waals surface area contributed by atoms with Crippen LogP contribution in [0.5, 0.6) is 0 Å². The Kier molecular flexibility index (Phi) is 3.33. The quantitative estimate of drug-likeness (QED) is 0.627. The fourth-order valence-corrected chi connectivity index (χ4v) is 2.83. The molecule has 1 saturated heterocycles. The molecule has 0 aromatic heterocycles. The van der Waals surface area contributed by atoms with E-state index in [4.69, 9.17) is 4.74 Å². The summed E-state index contributed by atoms with van der Waals surface area (Å²) in [6, 6.07) is 0. The van der Waals surface area contributed by atoms with Gasteiger partial charge in [-0.1, -0.05) is 34.6 Å². The molecule has 0 saturated carbocycles. The van der Waals surface area contributed by atoms with Crippen LogP contribution in [0.25, 0.3) is 0 Å². The summed E-state index contributed by atoms with van der Waals surface area (Å²) in [5.74, 6) is 3.01. The number of fused-ring (bicyclic) bond motifs is 2. The Bertz CT molecular complexity index is 348. The van der Waals surface area contributed by atoms with Crippen LogP contribution in [0.1, 0.15) is 41.0 Å². The second kappa shape index (κ2) is 4.47. The molecule has 0 aromatic carbocycles. The van der Waals surface area contributed by atoms with E-state index in [1.807, 2.05) is 0 Å². The van der Waals surface area contributed by atoms with Gasteiger partial charge in [0.1, 0.15) is 5.76 Å². The van der Waals surface area contributed by atoms with E-state index >= 15 is 0 Å². The van der Waals surface area contributed by atoms with E-state index in [9.17, 15) is 0 Å². The van der Waals surface area contributed by atoms with Gasteiger partial charge in [0.15, 0.2) is 0 Å². The monoisotopic (exact) mass is 235 g/mol. The number of rotatable bonds is 0. The SMILES string of the molecule is CC1COC2=C(C(C)(C)C)C=NCC(C1)C2C. The average molecular weight is 235 g/mol. The van der Waals surface area contributed by atoms with E-state index in [1.165, 1.54) is 17.8 Å². The Labute approximate surface area is 105 Å². The van der Waals surface area contributed by atoms with E-state index in [0.29, 0.717) is 17.8 Å². The van der Waals surface area contributed by atoms with Gasteiger partial charge in [-0.25, -0.2) is 0 Å². The maximum Gasteiger partial charge on any atom is 0.104 e. The lowest BCUT2D eigenvalue weighted by atomic mass is 9.81. The third-order valence-corrected chi connectivity index (χ3v) is 3.98. The minimum Gasteiger partial charge on any atom is -0.497 e. The highest BCUT2D eigenvalue weighted by Gasteiger charge is 2.34. The summed E-state index contributed by atoms with van der Waals surface area (Å²) in [4.78, 5) is 4.63. The van der Waals surface area contributed by atoms with Gasteiger partial charge in [0.05, 0.1) is 6.61 Å². The molecule has 0 N–H and O–H groups in total. The molecule has 0 amide bonds. The second-order valence-corrected chi connectivity index (χ2v) is 6.72. The summed E-state index contributed by atoms with van der Waals surface area (Å²) in [5.41, 5.74) is 1.41. The van der Waals surface area contributed by atoms with Crippen molar-refractivity contribution in [2.75, 3.05) is 13.2 Å². The molecule has 0 aromatic rings. The molecule has 0 aliphatic carbocycles. The van der Waals surface area contributed by atoms with Gasteiger partial charge in [-0.3, -0.25) is 4.99 Å². The zero-order valence-electron chi connectivity index (χ0n) is 11.8. The van der Waals surface area contributed by atoms with Crippen molar-refractivity contribution >= 4 is 6.21 Å². The molecule has 2 aliphatic heterocycles. The summed E-state index contributed by atoms with van der Waals surface area (Å²) in [6.45, 7) is 13.1. The van der Waals surface area contributed by atoms with Gasteiger partial charge in [-0.2, -0.15) is 0 Å². The van der Waals surface area contributed by atoms with Crippen LogP contribution >= 0.6 is 0 Å². The summed E-state index contributed by atoms with van der Waals surface area (Å²) in [5, 5.41) is 0. The normalized spacial score (nSPS) is 34.1. The van der Waals surface area contributed by atoms with Crippen molar-refractivity contribution < 1.29 is 4.74 Å². The van der Waals surface area contributed by atoms with Gasteiger partial charge < -0.3 is 4.74 Å². The minimum absolute atomic E-state index is 0.121. The lowest BCUT2D eigenvalue weighted by molar-refractivity contribution is 0.163. The number of hydrogen-bond donors (Lipinski definition) is 0. The lowest BCUT2D eigenvalue weighted by Crippen LogP contribution is -2.19. The Morgan fingerprint density at radius 1 is 1.29 bits per heavy atom. The minimum atomic E-state index is 0.121. The highest BCUT2D eigenvalue weighted by atomic mass is 16.5. The van der Waals surface area contributed by atoms with Gasteiger partial charge in [0.2, 0.25) is 0 Å². The van der Waals surface area contributed by atoms with Crippen molar-refractivity contribution in [3.05, 3.63) is 11.3 Å². The van der Waals surface area contributed by atoms with Crippen LogP contribution in [0.15, 0.2) is 16.3 Å². The topological polar surface area (TPSA) is 21.6 Å². The second-order valence-electron chi connectivity index (χ2n) is 6.72. The maximum atomic E-state index is 6.11. The zero-order valence-corrected chi connectivity index (χ0v) is 11.8. The molecule has 2 heterocycles. The van der Waals surface area contributed by atoms with E-state index in [2.05, 4.69) is 45.8 Å². The van der Waals surface area contributed by atoms with Crippen molar-refractivity contribution in [2.24, 2.45) is 28.2 Å². The van der Waals surface area contributed by atoms with Crippen LogP contribution in [0.2, 0.25) is 0 Å². The molecule has 2 heteroatoms. The van der Waals surface area contributed by atoms with Crippen LogP contribution in [-0.4, -0.2) is 19.4 Å². The van der Waals surface area contributed by atoms with Crippen LogP contribution in [0.4, 0.5) is 0 Å². The third kappa shape index (κ3) is 2.56. The van der Waals surface area contributed by atoms with Gasteiger partial charge in [0.25, 0.3) is 0 Å². The molecule has 1 fully saturated rings. The van der Waals surface area contributed by atoms with Crippen LogP contribution < -0.4 is 0 Å². The number of ether oxygens (including phenoxy) is 1. The van der Waals surface area contributed by atoms with Gasteiger partial charge in [-0.15, -0.1) is 0 Å². The first kappa shape index (κ1) is 12.7. The smallest absolute Gasteiger partial charge is 0.104 e. The zero-order chi connectivity index (χ0) is 12.6. The Morgan fingerprint density at radius 2 is 2.00 bits per heavy atom. The van der Waals surface area contributed by atoms with Gasteiger partial charge in [0, 0.05) is 24.3 Å². The molecule has 2 aliphatic rings. The highest BCUT2D eigenvalue weighted by Crippen LogP contribution is 2.39. The predicted octanol–water partition coefficient (Wildman–Crippen LogP) is 3.68. The third-order valence-electron chi connectivity index (χ3n) is 3.98. The summed E-state index contributed by atoms with van der Waals surface area (Å²) in [6.07, 6.45) is 3.29. The van der Waals surface area contributed by atoms with Crippen molar-refractivity contribution in [1.29, 1.82) is 0 Å². The molecule has 96 valence electrons. The number of hydrogen-bond acceptors (Lipinski definition) is 2. The molecule has 2 rings (SSSR count). The summed E-state index contributed by atoms with van der Waals surface area (Å²) >= 11 is 0. The van der Waals surface area contributed by atoms with E-state index in [1.54, 1.807) is 0 Å². The van der Waals surface area contributed by atoms with Crippen molar-refractivity contribution in [2.45, 2.75) is 41.0 Å². The number of aliphatic imine (C=N–C) groups is 1. The van der Waals surface area contributed by atoms with Crippen molar-refractivity contribution in [1.82, 2.24) is 0 Å². The summed E-state index contributed by atoms with van der Waals surface area (Å²) in [7, 11) is 0. The molecular formula is C15H25NO. The molecule has 0 spiro atoms. The highest BCUT2D eigenvalue weighted by molar-refractivity contribution is 5.81. The molecule has 2 bridgehead atoms. The predicted molar refractivity (Wildman–Crippen MR) is 72.2 cm³/mol. The number of nitrogens with zero attached hydrogens (tertiary/aromatic N) is 1. The van der Waals surface area contributed by atoms with Crippen molar-refractivity contribution in [3.8, 4) is 0 Å². The molecule has 3 atom stereocenters. The first-order chi connectivity index (χ1) is 7.89. The molecule has 17 heavy (non-hydrogen) atoms. The van der Waals surface area contributed by atoms with E-state index in [0.717, 1.165) is 13.2 Å². The van der Waals surface area contributed by atoms with Crippen molar-refractivity contribution in [3.63, 3.8) is 0 Å².